The predicted octanol–water partition coefficient (Wildman–Crippen LogP) is 2.07. The van der Waals surface area contributed by atoms with Crippen molar-refractivity contribution >= 4 is 5.97 Å². The van der Waals surface area contributed by atoms with Crippen LogP contribution in [0.25, 0.3) is 0 Å². The third kappa shape index (κ3) is 1.42. The van der Waals surface area contributed by atoms with Gasteiger partial charge in [0.25, 0.3) is 0 Å². The van der Waals surface area contributed by atoms with Crippen LogP contribution in [-0.2, 0) is 9.53 Å². The Kier molecular flexibility index (Phi) is 2.69. The minimum absolute atomic E-state index is 0.0951. The lowest BCUT2D eigenvalue weighted by Gasteiger charge is -2.20. The highest BCUT2D eigenvalue weighted by molar-refractivity contribution is 5.79. The lowest BCUT2D eigenvalue weighted by atomic mass is 9.80. The van der Waals surface area contributed by atoms with Gasteiger partial charge in [-0.3, -0.25) is 4.79 Å². The Bertz CT molecular complexity index is 196. The number of hydrogen-bond donors (Lipinski definition) is 0. The van der Waals surface area contributed by atoms with Crippen molar-refractivity contribution in [2.24, 2.45) is 5.41 Å². The van der Waals surface area contributed by atoms with Gasteiger partial charge in [-0.1, -0.05) is 12.2 Å². The van der Waals surface area contributed by atoms with Gasteiger partial charge in [0.2, 0.25) is 0 Å². The first kappa shape index (κ1) is 9.04. The molecule has 0 aliphatic carbocycles. The lowest BCUT2D eigenvalue weighted by Crippen LogP contribution is -2.24. The normalized spacial score (nSPS) is 20.2. The van der Waals surface area contributed by atoms with Crippen LogP contribution in [0.2, 0.25) is 0 Å². The summed E-state index contributed by atoms with van der Waals surface area (Å²) in [7, 11) is 0. The van der Waals surface area contributed by atoms with Crippen molar-refractivity contribution < 1.29 is 9.53 Å². The molecule has 1 saturated heterocycles. The molecule has 0 amide bonds. The molecule has 1 aliphatic heterocycles. The molecule has 1 heterocycles. The topological polar surface area (TPSA) is 26.3 Å². The summed E-state index contributed by atoms with van der Waals surface area (Å²) in [6, 6.07) is 0. The van der Waals surface area contributed by atoms with Gasteiger partial charge in [0.15, 0.2) is 0 Å². The van der Waals surface area contributed by atoms with E-state index < -0.39 is 0 Å². The van der Waals surface area contributed by atoms with E-state index in [2.05, 4.69) is 13.2 Å². The minimum Gasteiger partial charge on any atom is -0.465 e. The molecule has 1 fully saturated rings. The first-order valence-electron chi connectivity index (χ1n) is 4.14. The number of hydrogen-bond acceptors (Lipinski definition) is 2. The molecule has 1 rings (SSSR count). The van der Waals surface area contributed by atoms with Gasteiger partial charge in [-0.15, -0.1) is 13.2 Å². The van der Waals surface area contributed by atoms with Crippen LogP contribution in [0.4, 0.5) is 0 Å². The average Bonchev–Trinajstić information content (AvgIpc) is 2.35. The van der Waals surface area contributed by atoms with Crippen molar-refractivity contribution in [3.8, 4) is 0 Å². The van der Waals surface area contributed by atoms with E-state index >= 15 is 0 Å². The second-order valence-corrected chi connectivity index (χ2v) is 3.15. The first-order chi connectivity index (χ1) is 5.75. The molecule has 1 aliphatic rings. The van der Waals surface area contributed by atoms with Crippen LogP contribution in [0, 0.1) is 5.41 Å². The summed E-state index contributed by atoms with van der Waals surface area (Å²) >= 11 is 0. The Morgan fingerprint density at radius 1 is 1.42 bits per heavy atom. The van der Waals surface area contributed by atoms with E-state index in [0.29, 0.717) is 19.4 Å². The quantitative estimate of drug-likeness (QED) is 0.472. The van der Waals surface area contributed by atoms with Crippen LogP contribution in [-0.4, -0.2) is 12.6 Å². The lowest BCUT2D eigenvalue weighted by molar-refractivity contribution is -0.146. The van der Waals surface area contributed by atoms with Crippen LogP contribution in [0.1, 0.15) is 19.3 Å². The molecular formula is C10H14O2. The van der Waals surface area contributed by atoms with E-state index in [9.17, 15) is 4.79 Å². The molecule has 0 unspecified atom stereocenters. The van der Waals surface area contributed by atoms with Gasteiger partial charge in [0.05, 0.1) is 12.0 Å². The summed E-state index contributed by atoms with van der Waals surface area (Å²) in [5.41, 5.74) is -0.344. The summed E-state index contributed by atoms with van der Waals surface area (Å²) in [6.07, 6.45) is 5.73. The van der Waals surface area contributed by atoms with Gasteiger partial charge in [0, 0.05) is 0 Å². The molecule has 0 aromatic rings. The number of cyclic esters (lactones) is 1. The van der Waals surface area contributed by atoms with Crippen molar-refractivity contribution in [1.82, 2.24) is 0 Å². The van der Waals surface area contributed by atoms with Crippen LogP contribution >= 0.6 is 0 Å². The standard InChI is InChI=1S/C10H14O2/c1-3-5-10(6-4-2)7-8-12-9(10)11/h3-4H,1-2,5-8H2. The number of ether oxygens (including phenoxy) is 1. The van der Waals surface area contributed by atoms with E-state index in [1.165, 1.54) is 0 Å². The summed E-state index contributed by atoms with van der Waals surface area (Å²) in [6.45, 7) is 7.83. The highest BCUT2D eigenvalue weighted by Crippen LogP contribution is 2.37. The van der Waals surface area contributed by atoms with Crippen molar-refractivity contribution in [1.29, 1.82) is 0 Å². The van der Waals surface area contributed by atoms with E-state index in [-0.39, 0.29) is 11.4 Å². The molecule has 0 bridgehead atoms. The number of carbonyl (C=O) groups excluding carboxylic acids is 1. The van der Waals surface area contributed by atoms with Gasteiger partial charge in [-0.05, 0) is 19.3 Å². The van der Waals surface area contributed by atoms with Gasteiger partial charge in [-0.2, -0.15) is 0 Å². The fourth-order valence-electron chi connectivity index (χ4n) is 1.60. The summed E-state index contributed by atoms with van der Waals surface area (Å²) in [5.74, 6) is -0.0951. The molecule has 0 saturated carbocycles. The van der Waals surface area contributed by atoms with Crippen molar-refractivity contribution in [2.75, 3.05) is 6.61 Å². The number of carbonyl (C=O) groups is 1. The van der Waals surface area contributed by atoms with Crippen LogP contribution in [0.15, 0.2) is 25.3 Å². The highest BCUT2D eigenvalue weighted by atomic mass is 16.5. The monoisotopic (exact) mass is 166 g/mol. The number of rotatable bonds is 4. The smallest absolute Gasteiger partial charge is 0.312 e. The van der Waals surface area contributed by atoms with Gasteiger partial charge in [0.1, 0.15) is 0 Å². The molecule has 0 N–H and O–H groups in total. The van der Waals surface area contributed by atoms with Gasteiger partial charge < -0.3 is 4.74 Å². The van der Waals surface area contributed by atoms with E-state index in [1.807, 2.05) is 0 Å². The van der Waals surface area contributed by atoms with Gasteiger partial charge in [-0.25, -0.2) is 0 Å². The molecule has 0 aromatic carbocycles. The zero-order chi connectivity index (χ0) is 9.03. The van der Waals surface area contributed by atoms with E-state index in [4.69, 9.17) is 4.74 Å². The van der Waals surface area contributed by atoms with E-state index in [1.54, 1.807) is 12.2 Å². The minimum atomic E-state index is -0.344. The molecule has 0 radical (unpaired) electrons. The maximum atomic E-state index is 11.4. The molecule has 66 valence electrons. The summed E-state index contributed by atoms with van der Waals surface area (Å²) < 4.78 is 4.94. The fourth-order valence-corrected chi connectivity index (χ4v) is 1.60. The third-order valence-electron chi connectivity index (χ3n) is 2.32. The Morgan fingerprint density at radius 2 is 2.00 bits per heavy atom. The zero-order valence-corrected chi connectivity index (χ0v) is 7.21. The van der Waals surface area contributed by atoms with Crippen LogP contribution < -0.4 is 0 Å². The summed E-state index contributed by atoms with van der Waals surface area (Å²) in [5, 5.41) is 0. The maximum absolute atomic E-state index is 11.4. The zero-order valence-electron chi connectivity index (χ0n) is 7.21. The van der Waals surface area contributed by atoms with Crippen molar-refractivity contribution in [2.45, 2.75) is 19.3 Å². The van der Waals surface area contributed by atoms with E-state index in [0.717, 1.165) is 6.42 Å². The van der Waals surface area contributed by atoms with Crippen molar-refractivity contribution in [3.63, 3.8) is 0 Å². The second-order valence-electron chi connectivity index (χ2n) is 3.15. The number of esters is 1. The largest absolute Gasteiger partial charge is 0.465 e. The van der Waals surface area contributed by atoms with Crippen molar-refractivity contribution in [3.05, 3.63) is 25.3 Å². The molecule has 0 aromatic heterocycles. The molecule has 12 heavy (non-hydrogen) atoms. The van der Waals surface area contributed by atoms with Crippen LogP contribution in [0.5, 0.6) is 0 Å². The van der Waals surface area contributed by atoms with Crippen LogP contribution in [0.3, 0.4) is 0 Å². The Balaban J connectivity index is 2.76. The average molecular weight is 166 g/mol. The fraction of sp³-hybridized carbons (Fsp3) is 0.500. The Morgan fingerprint density at radius 3 is 2.33 bits per heavy atom. The molecule has 0 atom stereocenters. The molecule has 2 heteroatoms. The molecule has 0 spiro atoms. The highest BCUT2D eigenvalue weighted by Gasteiger charge is 2.42. The molecule has 2 nitrogen and oxygen atoms in total. The number of allylic oxidation sites excluding steroid dienone is 2. The SMILES string of the molecule is C=CCC1(CC=C)CCOC1=O. The maximum Gasteiger partial charge on any atom is 0.312 e. The predicted molar refractivity (Wildman–Crippen MR) is 47.6 cm³/mol. The first-order valence-corrected chi connectivity index (χ1v) is 4.14. The molecular weight excluding hydrogens is 152 g/mol. The Hall–Kier alpha value is -1.05. The Labute approximate surface area is 72.9 Å². The second kappa shape index (κ2) is 3.57. The summed E-state index contributed by atoms with van der Waals surface area (Å²) in [4.78, 5) is 11.4. The van der Waals surface area contributed by atoms with Gasteiger partial charge >= 0.3 is 5.97 Å². The third-order valence-corrected chi connectivity index (χ3v) is 2.32.